The monoisotopic (exact) mass is 399 g/mol. The van der Waals surface area contributed by atoms with E-state index < -0.39 is 34.3 Å². The van der Waals surface area contributed by atoms with Crippen LogP contribution in [0.2, 0.25) is 5.02 Å². The number of carbonyl (C=O) groups excluding carboxylic acids is 2. The third-order valence-electron chi connectivity index (χ3n) is 3.58. The van der Waals surface area contributed by atoms with Crippen LogP contribution < -0.4 is 10.6 Å². The number of rotatable bonds is 5. The number of amides is 2. The van der Waals surface area contributed by atoms with Gasteiger partial charge >= 0.3 is 6.18 Å². The predicted octanol–water partition coefficient (Wildman–Crippen LogP) is 4.45. The zero-order valence-corrected chi connectivity index (χ0v) is 15.3. The van der Waals surface area contributed by atoms with Gasteiger partial charge in [-0.05, 0) is 37.6 Å². The molecule has 1 aromatic carbocycles. The average molecular weight is 400 g/mol. The van der Waals surface area contributed by atoms with Crippen molar-refractivity contribution < 1.29 is 22.8 Å². The Morgan fingerprint density at radius 1 is 1.15 bits per heavy atom. The predicted molar refractivity (Wildman–Crippen MR) is 96.0 cm³/mol. The van der Waals surface area contributed by atoms with Gasteiger partial charge in [0, 0.05) is 12.2 Å². The van der Waals surface area contributed by atoms with Crippen molar-refractivity contribution in [3.8, 4) is 0 Å². The lowest BCUT2D eigenvalue weighted by Gasteiger charge is -2.16. The molecule has 0 bridgehead atoms. The van der Waals surface area contributed by atoms with Crippen molar-refractivity contribution in [3.05, 3.63) is 57.9 Å². The average Bonchev–Trinajstić information content (AvgIpc) is 2.58. The highest BCUT2D eigenvalue weighted by molar-refractivity contribution is 6.32. The molecule has 2 rings (SSSR count). The number of nitrogens with one attached hydrogen (secondary N) is 2. The number of pyridine rings is 1. The third-order valence-corrected chi connectivity index (χ3v) is 3.89. The van der Waals surface area contributed by atoms with Gasteiger partial charge in [0.25, 0.3) is 11.8 Å². The van der Waals surface area contributed by atoms with E-state index in [0.717, 1.165) is 12.1 Å². The summed E-state index contributed by atoms with van der Waals surface area (Å²) in [5.41, 5.74) is -1.46. The molecule has 0 fully saturated rings. The summed E-state index contributed by atoms with van der Waals surface area (Å²) in [6.07, 6.45) is -4.08. The van der Waals surface area contributed by atoms with Crippen molar-refractivity contribution in [2.75, 3.05) is 11.9 Å². The van der Waals surface area contributed by atoms with Crippen LogP contribution >= 0.6 is 11.6 Å². The molecule has 2 aromatic rings. The molecule has 0 spiro atoms. The number of alkyl halides is 3. The number of aromatic nitrogens is 1. The van der Waals surface area contributed by atoms with Crippen molar-refractivity contribution >= 4 is 29.1 Å². The lowest BCUT2D eigenvalue weighted by atomic mass is 10.1. The molecule has 0 saturated carbocycles. The van der Waals surface area contributed by atoms with Crippen LogP contribution in [0, 0.1) is 6.92 Å². The summed E-state index contributed by atoms with van der Waals surface area (Å²) in [6.45, 7) is 3.87. The van der Waals surface area contributed by atoms with Crippen molar-refractivity contribution in [2.45, 2.75) is 26.4 Å². The van der Waals surface area contributed by atoms with Gasteiger partial charge in [0.2, 0.25) is 0 Å². The Kier molecular flexibility index (Phi) is 6.43. The number of anilines is 1. The molecule has 9 heteroatoms. The van der Waals surface area contributed by atoms with Crippen LogP contribution in [0.5, 0.6) is 0 Å². The second kappa shape index (κ2) is 8.39. The largest absolute Gasteiger partial charge is 0.419 e. The highest BCUT2D eigenvalue weighted by atomic mass is 35.5. The first-order valence-electron chi connectivity index (χ1n) is 8.08. The molecule has 5 nitrogen and oxygen atoms in total. The standard InChI is InChI=1S/C18H17ClF3N3O2/c1-3-9-23-17(27)15-11(8-7-10(2)24-15)16(26)25-13-6-4-5-12(19)14(13)18(20,21)22/h4-8H,3,9H2,1-2H3,(H,23,27)(H,25,26). The van der Waals surface area contributed by atoms with Gasteiger partial charge in [-0.25, -0.2) is 4.98 Å². The van der Waals surface area contributed by atoms with Gasteiger partial charge in [-0.1, -0.05) is 24.6 Å². The van der Waals surface area contributed by atoms with Crippen LogP contribution in [0.15, 0.2) is 30.3 Å². The van der Waals surface area contributed by atoms with Crippen molar-refractivity contribution in [1.29, 1.82) is 0 Å². The number of hydrogen-bond donors (Lipinski definition) is 2. The maximum Gasteiger partial charge on any atom is 0.419 e. The fourth-order valence-electron chi connectivity index (χ4n) is 2.34. The number of nitrogens with zero attached hydrogens (tertiary/aromatic N) is 1. The van der Waals surface area contributed by atoms with Gasteiger partial charge < -0.3 is 10.6 Å². The fourth-order valence-corrected chi connectivity index (χ4v) is 2.62. The Morgan fingerprint density at radius 3 is 2.48 bits per heavy atom. The molecular weight excluding hydrogens is 383 g/mol. The van der Waals surface area contributed by atoms with Gasteiger partial charge in [-0.15, -0.1) is 0 Å². The number of hydrogen-bond acceptors (Lipinski definition) is 3. The van der Waals surface area contributed by atoms with Crippen LogP contribution in [0.1, 0.15) is 45.4 Å². The minimum absolute atomic E-state index is 0.137. The summed E-state index contributed by atoms with van der Waals surface area (Å²) >= 11 is 5.66. The fraction of sp³-hybridized carbons (Fsp3) is 0.278. The quantitative estimate of drug-likeness (QED) is 0.780. The highest BCUT2D eigenvalue weighted by Crippen LogP contribution is 2.39. The van der Waals surface area contributed by atoms with Crippen LogP contribution in [-0.4, -0.2) is 23.3 Å². The summed E-state index contributed by atoms with van der Waals surface area (Å²) in [6, 6.07) is 6.29. The first-order valence-corrected chi connectivity index (χ1v) is 8.45. The summed E-state index contributed by atoms with van der Waals surface area (Å²) < 4.78 is 39.7. The molecule has 1 aromatic heterocycles. The Morgan fingerprint density at radius 2 is 1.85 bits per heavy atom. The first-order chi connectivity index (χ1) is 12.6. The lowest BCUT2D eigenvalue weighted by Crippen LogP contribution is -2.29. The van der Waals surface area contributed by atoms with Gasteiger partial charge in [-0.2, -0.15) is 13.2 Å². The third kappa shape index (κ3) is 4.97. The van der Waals surface area contributed by atoms with E-state index in [1.807, 2.05) is 6.92 Å². The first kappa shape index (κ1) is 20.7. The van der Waals surface area contributed by atoms with Gasteiger partial charge in [0.05, 0.1) is 21.8 Å². The minimum Gasteiger partial charge on any atom is -0.351 e. The molecule has 27 heavy (non-hydrogen) atoms. The molecule has 0 aliphatic rings. The lowest BCUT2D eigenvalue weighted by molar-refractivity contribution is -0.136. The molecule has 1 heterocycles. The maximum absolute atomic E-state index is 13.2. The highest BCUT2D eigenvalue weighted by Gasteiger charge is 2.36. The molecule has 0 saturated heterocycles. The molecule has 144 valence electrons. The molecular formula is C18H17ClF3N3O2. The van der Waals surface area contributed by atoms with E-state index in [2.05, 4.69) is 15.6 Å². The van der Waals surface area contributed by atoms with Gasteiger partial charge in [0.1, 0.15) is 5.69 Å². The van der Waals surface area contributed by atoms with E-state index in [4.69, 9.17) is 11.6 Å². The Balaban J connectivity index is 2.41. The van der Waals surface area contributed by atoms with E-state index >= 15 is 0 Å². The molecule has 2 N–H and O–H groups in total. The number of carbonyl (C=O) groups is 2. The van der Waals surface area contributed by atoms with E-state index in [0.29, 0.717) is 18.7 Å². The summed E-state index contributed by atoms with van der Waals surface area (Å²) in [7, 11) is 0. The van der Waals surface area contributed by atoms with Crippen LogP contribution in [0.4, 0.5) is 18.9 Å². The molecule has 0 aliphatic carbocycles. The van der Waals surface area contributed by atoms with Crippen molar-refractivity contribution in [2.24, 2.45) is 0 Å². The second-order valence-corrected chi connectivity index (χ2v) is 6.13. The molecule has 0 radical (unpaired) electrons. The SMILES string of the molecule is CCCNC(=O)c1nc(C)ccc1C(=O)Nc1cccc(Cl)c1C(F)(F)F. The smallest absolute Gasteiger partial charge is 0.351 e. The van der Waals surface area contributed by atoms with Gasteiger partial charge in [0.15, 0.2) is 0 Å². The zero-order valence-electron chi connectivity index (χ0n) is 14.6. The minimum atomic E-state index is -4.76. The molecule has 0 unspecified atom stereocenters. The van der Waals surface area contributed by atoms with E-state index in [1.165, 1.54) is 18.2 Å². The van der Waals surface area contributed by atoms with Crippen molar-refractivity contribution in [1.82, 2.24) is 10.3 Å². The summed E-state index contributed by atoms with van der Waals surface area (Å²) in [5.74, 6) is -1.47. The van der Waals surface area contributed by atoms with E-state index in [-0.39, 0.29) is 11.3 Å². The topological polar surface area (TPSA) is 71.1 Å². The normalized spacial score (nSPS) is 11.2. The summed E-state index contributed by atoms with van der Waals surface area (Å²) in [5, 5.41) is 4.24. The Hall–Kier alpha value is -2.61. The van der Waals surface area contributed by atoms with Crippen LogP contribution in [0.25, 0.3) is 0 Å². The molecule has 2 amide bonds. The van der Waals surface area contributed by atoms with Crippen LogP contribution in [0.3, 0.4) is 0 Å². The molecule has 0 atom stereocenters. The maximum atomic E-state index is 13.2. The van der Waals surface area contributed by atoms with Crippen LogP contribution in [-0.2, 0) is 6.18 Å². The Labute approximate surface area is 158 Å². The van der Waals surface area contributed by atoms with Crippen molar-refractivity contribution in [3.63, 3.8) is 0 Å². The number of halogens is 4. The molecule has 0 aliphatic heterocycles. The van der Waals surface area contributed by atoms with Gasteiger partial charge in [-0.3, -0.25) is 9.59 Å². The number of aryl methyl sites for hydroxylation is 1. The van der Waals surface area contributed by atoms with E-state index in [9.17, 15) is 22.8 Å². The zero-order chi connectivity index (χ0) is 20.2. The second-order valence-electron chi connectivity index (χ2n) is 5.72. The number of benzene rings is 1. The van der Waals surface area contributed by atoms with E-state index in [1.54, 1.807) is 6.92 Å². The Bertz CT molecular complexity index is 869. The summed E-state index contributed by atoms with van der Waals surface area (Å²) in [4.78, 5) is 28.9.